The van der Waals surface area contributed by atoms with E-state index in [1.165, 1.54) is 29.2 Å². The molecule has 0 bridgehead atoms. The van der Waals surface area contributed by atoms with Crippen LogP contribution >= 0.6 is 27.5 Å². The Morgan fingerprint density at radius 1 is 0.867 bits per heavy atom. The quantitative estimate of drug-likeness (QED) is 0.179. The summed E-state index contributed by atoms with van der Waals surface area (Å²) in [7, 11) is -4.21. The second-order valence-corrected chi connectivity index (χ2v) is 15.1. The molecule has 7 nitrogen and oxygen atoms in total. The summed E-state index contributed by atoms with van der Waals surface area (Å²) in [4.78, 5) is 29.9. The number of carbonyl (C=O) groups excluding carboxylic acids is 2. The molecule has 4 aromatic carbocycles. The number of halogens is 2. The van der Waals surface area contributed by atoms with E-state index in [9.17, 15) is 18.0 Å². The average molecular weight is 711 g/mol. The molecular formula is C35H37BrClN3O4S. The van der Waals surface area contributed by atoms with Gasteiger partial charge in [0.05, 0.1) is 10.6 Å². The van der Waals surface area contributed by atoms with Gasteiger partial charge in [0.15, 0.2) is 0 Å². The summed E-state index contributed by atoms with van der Waals surface area (Å²) >= 11 is 9.52. The minimum atomic E-state index is -4.21. The van der Waals surface area contributed by atoms with Gasteiger partial charge >= 0.3 is 0 Å². The smallest absolute Gasteiger partial charge is 0.264 e. The fourth-order valence-electron chi connectivity index (χ4n) is 4.84. The lowest BCUT2D eigenvalue weighted by Gasteiger charge is -2.35. The van der Waals surface area contributed by atoms with Gasteiger partial charge in [0, 0.05) is 28.0 Å². The van der Waals surface area contributed by atoms with Crippen molar-refractivity contribution < 1.29 is 18.0 Å². The summed E-state index contributed by atoms with van der Waals surface area (Å²) in [6, 6.07) is 28.8. The van der Waals surface area contributed by atoms with E-state index in [0.717, 1.165) is 25.5 Å². The van der Waals surface area contributed by atoms with Crippen LogP contribution in [0.5, 0.6) is 0 Å². The zero-order valence-corrected chi connectivity index (χ0v) is 28.9. The number of rotatable bonds is 11. The minimum absolute atomic E-state index is 0.00743. The maximum Gasteiger partial charge on any atom is 0.264 e. The number of hydrogen-bond acceptors (Lipinski definition) is 4. The lowest BCUT2D eigenvalue weighted by atomic mass is 10.0. The highest BCUT2D eigenvalue weighted by Crippen LogP contribution is 2.27. The molecule has 4 rings (SSSR count). The van der Waals surface area contributed by atoms with Crippen molar-refractivity contribution in [2.45, 2.75) is 57.1 Å². The van der Waals surface area contributed by atoms with E-state index in [1.807, 2.05) is 88.4 Å². The van der Waals surface area contributed by atoms with Crippen molar-refractivity contribution in [3.05, 3.63) is 129 Å². The van der Waals surface area contributed by atoms with Gasteiger partial charge in [-0.15, -0.1) is 0 Å². The number of benzene rings is 4. The molecule has 45 heavy (non-hydrogen) atoms. The molecule has 0 aliphatic carbocycles. The number of anilines is 1. The van der Waals surface area contributed by atoms with Crippen molar-refractivity contribution in [2.75, 3.05) is 10.8 Å². The van der Waals surface area contributed by atoms with Gasteiger partial charge in [-0.25, -0.2) is 8.42 Å². The van der Waals surface area contributed by atoms with Crippen LogP contribution in [-0.4, -0.2) is 43.3 Å². The van der Waals surface area contributed by atoms with Crippen molar-refractivity contribution >= 4 is 55.1 Å². The van der Waals surface area contributed by atoms with Gasteiger partial charge in [0.2, 0.25) is 11.8 Å². The van der Waals surface area contributed by atoms with Gasteiger partial charge in [-0.3, -0.25) is 13.9 Å². The molecule has 4 aromatic rings. The third kappa shape index (κ3) is 9.42. The van der Waals surface area contributed by atoms with Crippen molar-refractivity contribution in [3.63, 3.8) is 0 Å². The predicted molar refractivity (Wildman–Crippen MR) is 184 cm³/mol. The first-order valence-corrected chi connectivity index (χ1v) is 17.1. The monoisotopic (exact) mass is 709 g/mol. The first-order valence-electron chi connectivity index (χ1n) is 14.5. The van der Waals surface area contributed by atoms with Crippen LogP contribution in [0.15, 0.2) is 112 Å². The third-order valence-corrected chi connectivity index (χ3v) is 9.57. The van der Waals surface area contributed by atoms with Crippen LogP contribution in [0.3, 0.4) is 0 Å². The summed E-state index contributed by atoms with van der Waals surface area (Å²) in [5.41, 5.74) is 2.25. The molecule has 0 aliphatic rings. The molecule has 0 aromatic heterocycles. The van der Waals surface area contributed by atoms with Crippen LogP contribution in [0.4, 0.5) is 5.69 Å². The molecule has 0 heterocycles. The Bertz CT molecular complexity index is 1730. The van der Waals surface area contributed by atoms with Gasteiger partial charge in [-0.2, -0.15) is 0 Å². The first kappa shape index (κ1) is 34.2. The van der Waals surface area contributed by atoms with Gasteiger partial charge in [-0.05, 0) is 92.9 Å². The molecule has 1 atom stereocenters. The van der Waals surface area contributed by atoms with Crippen molar-refractivity contribution in [1.82, 2.24) is 10.2 Å². The number of aryl methyl sites for hydroxylation is 1. The van der Waals surface area contributed by atoms with Crippen LogP contribution in [0.1, 0.15) is 37.5 Å². The van der Waals surface area contributed by atoms with Crippen LogP contribution in [-0.2, 0) is 32.6 Å². The molecule has 0 radical (unpaired) electrons. The highest BCUT2D eigenvalue weighted by Gasteiger charge is 2.35. The van der Waals surface area contributed by atoms with E-state index in [-0.39, 0.29) is 23.8 Å². The van der Waals surface area contributed by atoms with E-state index < -0.39 is 34.1 Å². The lowest BCUT2D eigenvalue weighted by Crippen LogP contribution is -2.56. The van der Waals surface area contributed by atoms with Crippen LogP contribution in [0.25, 0.3) is 0 Å². The summed E-state index contributed by atoms with van der Waals surface area (Å²) in [5, 5.41) is 3.43. The molecule has 0 spiro atoms. The first-order chi connectivity index (χ1) is 21.2. The molecule has 236 valence electrons. The summed E-state index contributed by atoms with van der Waals surface area (Å²) < 4.78 is 30.2. The highest BCUT2D eigenvalue weighted by molar-refractivity contribution is 9.10. The molecule has 0 saturated heterocycles. The molecule has 10 heteroatoms. The SMILES string of the molecule is Cc1cccc(N(CC(=O)N(Cc2ccc(Br)cc2)[C@@H](Cc2ccccc2)C(=O)NC(C)(C)C)S(=O)(=O)c2ccc(Cl)cc2)c1. The Labute approximate surface area is 279 Å². The van der Waals surface area contributed by atoms with Crippen molar-refractivity contribution in [3.8, 4) is 0 Å². The second-order valence-electron chi connectivity index (χ2n) is 11.9. The van der Waals surface area contributed by atoms with Crippen LogP contribution in [0.2, 0.25) is 5.02 Å². The maximum atomic E-state index is 14.5. The Morgan fingerprint density at radius 3 is 2.11 bits per heavy atom. The zero-order valence-electron chi connectivity index (χ0n) is 25.7. The Hall–Kier alpha value is -3.66. The number of nitrogens with one attached hydrogen (secondary N) is 1. The van der Waals surface area contributed by atoms with Crippen molar-refractivity contribution in [1.29, 1.82) is 0 Å². The van der Waals surface area contributed by atoms with Gasteiger partial charge in [0.1, 0.15) is 12.6 Å². The number of sulfonamides is 1. The summed E-state index contributed by atoms with van der Waals surface area (Å²) in [6.45, 7) is 7.05. The number of nitrogens with zero attached hydrogens (tertiary/aromatic N) is 2. The predicted octanol–water partition coefficient (Wildman–Crippen LogP) is 7.16. The molecule has 0 saturated carbocycles. The van der Waals surface area contributed by atoms with Crippen molar-refractivity contribution in [2.24, 2.45) is 0 Å². The summed E-state index contributed by atoms with van der Waals surface area (Å²) in [6.07, 6.45) is 0.236. The van der Waals surface area contributed by atoms with Gasteiger partial charge in [-0.1, -0.05) is 82.1 Å². The molecule has 2 amide bonds. The van der Waals surface area contributed by atoms with E-state index in [1.54, 1.807) is 18.2 Å². The number of hydrogen-bond donors (Lipinski definition) is 1. The lowest BCUT2D eigenvalue weighted by molar-refractivity contribution is -0.140. The Morgan fingerprint density at radius 2 is 1.51 bits per heavy atom. The molecular weight excluding hydrogens is 674 g/mol. The molecule has 0 fully saturated rings. The maximum absolute atomic E-state index is 14.5. The van der Waals surface area contributed by atoms with E-state index in [0.29, 0.717) is 10.7 Å². The number of carbonyl (C=O) groups is 2. The van der Waals surface area contributed by atoms with Crippen LogP contribution in [0, 0.1) is 6.92 Å². The average Bonchev–Trinajstić information content (AvgIpc) is 2.98. The standard InChI is InChI=1S/C35H37BrClN3O4S/c1-25-9-8-12-30(21-25)40(45(43,44)31-19-17-29(37)18-20-31)24-33(41)39(23-27-13-15-28(36)16-14-27)32(34(42)38-35(2,3)4)22-26-10-6-5-7-11-26/h5-21,32H,22-24H2,1-4H3,(H,38,42)/t32-/m0/s1. The second kappa shape index (κ2) is 14.6. The van der Waals surface area contributed by atoms with E-state index >= 15 is 0 Å². The van der Waals surface area contributed by atoms with Gasteiger partial charge in [0.25, 0.3) is 10.0 Å². The topological polar surface area (TPSA) is 86.8 Å². The third-order valence-electron chi connectivity index (χ3n) is 7.01. The summed E-state index contributed by atoms with van der Waals surface area (Å²) in [5.74, 6) is -0.860. The molecule has 0 aliphatic heterocycles. The number of amides is 2. The molecule has 1 N–H and O–H groups in total. The normalized spacial score (nSPS) is 12.3. The van der Waals surface area contributed by atoms with E-state index in [4.69, 9.17) is 11.6 Å². The fourth-order valence-corrected chi connectivity index (χ4v) is 6.64. The largest absolute Gasteiger partial charge is 0.350 e. The van der Waals surface area contributed by atoms with Gasteiger partial charge < -0.3 is 10.2 Å². The Balaban J connectivity index is 1.81. The van der Waals surface area contributed by atoms with E-state index in [2.05, 4.69) is 21.2 Å². The van der Waals surface area contributed by atoms with Crippen LogP contribution < -0.4 is 9.62 Å². The fraction of sp³-hybridized carbons (Fsp3) is 0.257. The molecule has 0 unspecified atom stereocenters. The highest BCUT2D eigenvalue weighted by atomic mass is 79.9. The zero-order chi connectivity index (χ0) is 32.8. The minimum Gasteiger partial charge on any atom is -0.350 e. The Kier molecular flexibility index (Phi) is 11.1.